The van der Waals surface area contributed by atoms with E-state index in [9.17, 15) is 0 Å². The van der Waals surface area contributed by atoms with Gasteiger partial charge in [0.1, 0.15) is 0 Å². The van der Waals surface area contributed by atoms with Crippen molar-refractivity contribution in [1.82, 2.24) is 0 Å². The zero-order valence-corrected chi connectivity index (χ0v) is 14.4. The van der Waals surface area contributed by atoms with Gasteiger partial charge in [-0.05, 0) is 0 Å². The van der Waals surface area contributed by atoms with Gasteiger partial charge in [0.25, 0.3) is 0 Å². The summed E-state index contributed by atoms with van der Waals surface area (Å²) in [6, 6.07) is 9.75. The van der Waals surface area contributed by atoms with Crippen molar-refractivity contribution in [2.24, 2.45) is 0 Å². The van der Waals surface area contributed by atoms with Crippen molar-refractivity contribution in [2.75, 3.05) is 13.2 Å². The van der Waals surface area contributed by atoms with Crippen LogP contribution < -0.4 is 0 Å². The number of rotatable bonds is 5. The average molecular weight is 356 g/mol. The first-order valence-corrected chi connectivity index (χ1v) is 4.25. The molecule has 2 nitrogen and oxygen atoms in total. The number of hydrogen-bond donors (Lipinski definition) is 0. The molecule has 4 heteroatoms. The second-order valence-corrected chi connectivity index (χ2v) is 2.48. The molecule has 1 aromatic rings. The minimum Gasteiger partial charge on any atom is -0.381 e. The summed E-state index contributed by atoms with van der Waals surface area (Å²) in [7, 11) is 0. The fraction of sp³-hybridized carbons (Fsp3) is 0.273. The molecule has 1 aromatic carbocycles. The Balaban J connectivity index is 0. The van der Waals surface area contributed by atoms with Crippen molar-refractivity contribution in [3.63, 3.8) is 0 Å². The minimum absolute atomic E-state index is 0. The summed E-state index contributed by atoms with van der Waals surface area (Å²) in [6.45, 7) is 8.00. The van der Waals surface area contributed by atoms with Crippen LogP contribution in [0.25, 0.3) is 0 Å². The summed E-state index contributed by atoms with van der Waals surface area (Å²) in [5, 5.41) is 0. The fourth-order valence-electron chi connectivity index (χ4n) is 1.06. The Morgan fingerprint density at radius 1 is 0.933 bits per heavy atom. The number of ether oxygens (including phenoxy) is 2. The zero-order chi connectivity index (χ0) is 9.52. The summed E-state index contributed by atoms with van der Waals surface area (Å²) in [4.78, 5) is 0. The minimum atomic E-state index is -0.337. The van der Waals surface area contributed by atoms with Crippen LogP contribution in [0.4, 0.5) is 0 Å². The molecule has 0 bridgehead atoms. The van der Waals surface area contributed by atoms with Gasteiger partial charge in [0.15, 0.2) is 6.29 Å². The normalized spacial score (nSPS) is 9.27. The Morgan fingerprint density at radius 3 is 1.80 bits per heavy atom. The third-order valence-corrected chi connectivity index (χ3v) is 1.61. The predicted molar refractivity (Wildman–Crippen MR) is 51.8 cm³/mol. The molecule has 1 rings (SSSR count). The van der Waals surface area contributed by atoms with Gasteiger partial charge < -0.3 is 23.3 Å². The van der Waals surface area contributed by atoms with E-state index >= 15 is 0 Å². The van der Waals surface area contributed by atoms with E-state index in [0.717, 1.165) is 5.56 Å². The van der Waals surface area contributed by atoms with Gasteiger partial charge in [-0.1, -0.05) is 43.5 Å². The van der Waals surface area contributed by atoms with Crippen molar-refractivity contribution >= 4 is 0 Å². The maximum atomic E-state index is 5.30. The first kappa shape index (κ1) is 18.7. The number of hydrogen-bond acceptors (Lipinski definition) is 2. The number of benzene rings is 1. The average Bonchev–Trinajstić information content (AvgIpc) is 2.19. The molecule has 0 N–H and O–H groups in total. The molecular formula is C11H14O2Y2-2. The maximum absolute atomic E-state index is 5.30. The Labute approximate surface area is 142 Å². The van der Waals surface area contributed by atoms with Crippen molar-refractivity contribution in [3.8, 4) is 0 Å². The molecule has 0 aliphatic rings. The molecule has 0 unspecified atom stereocenters. The van der Waals surface area contributed by atoms with Crippen LogP contribution in [0.2, 0.25) is 0 Å². The van der Waals surface area contributed by atoms with Gasteiger partial charge in [0, 0.05) is 71.0 Å². The quantitative estimate of drug-likeness (QED) is 0.596. The standard InChI is InChI=1S/C11H14O2.2Y/c1-3-12-11(13-4-2)10-8-6-5-7-9-10;;/h5-9,11H,1-4H2;;/q-2;;. The van der Waals surface area contributed by atoms with Gasteiger partial charge in [-0.2, -0.15) is 0 Å². The molecule has 15 heavy (non-hydrogen) atoms. The molecule has 0 amide bonds. The Hall–Kier alpha value is 1.35. The van der Waals surface area contributed by atoms with Crippen molar-refractivity contribution in [1.29, 1.82) is 0 Å². The van der Waals surface area contributed by atoms with Crippen molar-refractivity contribution in [2.45, 2.75) is 6.29 Å². The van der Waals surface area contributed by atoms with Crippen LogP contribution in [0.3, 0.4) is 0 Å². The van der Waals surface area contributed by atoms with E-state index in [4.69, 9.17) is 9.47 Å². The van der Waals surface area contributed by atoms with Gasteiger partial charge in [-0.25, -0.2) is 0 Å². The van der Waals surface area contributed by atoms with E-state index in [-0.39, 0.29) is 71.7 Å². The fourth-order valence-corrected chi connectivity index (χ4v) is 1.06. The largest absolute Gasteiger partial charge is 0.381 e. The van der Waals surface area contributed by atoms with Crippen LogP contribution in [0.1, 0.15) is 11.9 Å². The Kier molecular flexibility index (Phi) is 14.7. The van der Waals surface area contributed by atoms with E-state index in [2.05, 4.69) is 13.8 Å². The molecule has 0 saturated heterocycles. The van der Waals surface area contributed by atoms with Gasteiger partial charge in [-0.3, -0.25) is 0 Å². The van der Waals surface area contributed by atoms with E-state index in [1.807, 2.05) is 30.3 Å². The summed E-state index contributed by atoms with van der Waals surface area (Å²) in [6.07, 6.45) is -0.337. The van der Waals surface area contributed by atoms with Crippen molar-refractivity contribution in [3.05, 3.63) is 49.7 Å². The van der Waals surface area contributed by atoms with Crippen LogP contribution >= 0.6 is 0 Å². The molecule has 0 aliphatic carbocycles. The second kappa shape index (κ2) is 11.8. The molecule has 0 atom stereocenters. The molecule has 0 heterocycles. The van der Waals surface area contributed by atoms with Crippen molar-refractivity contribution < 1.29 is 74.9 Å². The third-order valence-electron chi connectivity index (χ3n) is 1.61. The SMILES string of the molecule is [CH2-]COC(OC[CH2-])c1ccccc1.[Y].[Y]. The predicted octanol–water partition coefficient (Wildman–Crippen LogP) is 2.38. The van der Waals surface area contributed by atoms with E-state index < -0.39 is 0 Å². The second-order valence-electron chi connectivity index (χ2n) is 2.48. The summed E-state index contributed by atoms with van der Waals surface area (Å²) >= 11 is 0. The van der Waals surface area contributed by atoms with E-state index in [1.165, 1.54) is 0 Å². The maximum Gasteiger partial charge on any atom is 0.178 e. The van der Waals surface area contributed by atoms with Crippen LogP contribution in [0.5, 0.6) is 0 Å². The Bertz CT molecular complexity index is 223. The first-order chi connectivity index (χ1) is 6.38. The molecule has 0 aromatic heterocycles. The van der Waals surface area contributed by atoms with Gasteiger partial charge >= 0.3 is 0 Å². The third kappa shape index (κ3) is 7.30. The molecule has 2 radical (unpaired) electrons. The van der Waals surface area contributed by atoms with Gasteiger partial charge in [-0.15, -0.1) is 0 Å². The van der Waals surface area contributed by atoms with Crippen LogP contribution in [-0.2, 0) is 74.9 Å². The topological polar surface area (TPSA) is 18.5 Å². The molecule has 0 fully saturated rings. The van der Waals surface area contributed by atoms with E-state index in [0.29, 0.717) is 13.2 Å². The van der Waals surface area contributed by atoms with Gasteiger partial charge in [0.05, 0.1) is 0 Å². The van der Waals surface area contributed by atoms with Crippen LogP contribution in [0, 0.1) is 13.8 Å². The monoisotopic (exact) mass is 356 g/mol. The summed E-state index contributed by atoms with van der Waals surface area (Å²) < 4.78 is 10.6. The first-order valence-electron chi connectivity index (χ1n) is 4.25. The Morgan fingerprint density at radius 2 is 1.40 bits per heavy atom. The zero-order valence-electron chi connectivity index (χ0n) is 8.76. The van der Waals surface area contributed by atoms with Crippen LogP contribution in [-0.4, -0.2) is 13.2 Å². The molecular weight excluding hydrogens is 342 g/mol. The molecule has 0 aliphatic heterocycles. The van der Waals surface area contributed by atoms with Gasteiger partial charge in [0.2, 0.25) is 0 Å². The molecule has 0 saturated carbocycles. The molecule has 78 valence electrons. The molecule has 0 spiro atoms. The van der Waals surface area contributed by atoms with Crippen LogP contribution in [0.15, 0.2) is 30.3 Å². The smallest absolute Gasteiger partial charge is 0.178 e. The van der Waals surface area contributed by atoms with E-state index in [1.54, 1.807) is 0 Å². The summed E-state index contributed by atoms with van der Waals surface area (Å²) in [5.41, 5.74) is 0.995. The summed E-state index contributed by atoms with van der Waals surface area (Å²) in [5.74, 6) is 0.